The van der Waals surface area contributed by atoms with Crippen molar-refractivity contribution < 1.29 is 14.3 Å². The Labute approximate surface area is 428 Å². The molecule has 8 rings (SSSR count). The molecule has 4 nitrogen and oxygen atoms in total. The summed E-state index contributed by atoms with van der Waals surface area (Å²) in [6, 6.07) is 36.9. The van der Waals surface area contributed by atoms with E-state index >= 15 is 0 Å². The number of unbranched alkanes of at least 4 members (excludes halogenated alkanes) is 2. The van der Waals surface area contributed by atoms with Gasteiger partial charge in [0.05, 0.1) is 30.4 Å². The van der Waals surface area contributed by atoms with Gasteiger partial charge in [0.15, 0.2) is 0 Å². The summed E-state index contributed by atoms with van der Waals surface area (Å²) in [4.78, 5) is 13.7. The molecule has 0 radical (unpaired) electrons. The third kappa shape index (κ3) is 12.9. The van der Waals surface area contributed by atoms with E-state index in [0.29, 0.717) is 24.4 Å². The zero-order chi connectivity index (χ0) is 48.7. The average molecular weight is 997 g/mol. The average Bonchev–Trinajstić information content (AvgIpc) is 4.18. The Kier molecular flexibility index (Phi) is 17.1. The van der Waals surface area contributed by atoms with Crippen molar-refractivity contribution >= 4 is 82.0 Å². The van der Waals surface area contributed by atoms with Crippen LogP contribution in [0.25, 0.3) is 56.2 Å². The fourth-order valence-corrected chi connectivity index (χ4v) is 13.4. The Morgan fingerprint density at radius 1 is 0.522 bits per heavy atom. The van der Waals surface area contributed by atoms with Gasteiger partial charge in [0.2, 0.25) is 0 Å². The van der Waals surface area contributed by atoms with Crippen LogP contribution in [0.15, 0.2) is 104 Å². The molecule has 0 bridgehead atoms. The van der Waals surface area contributed by atoms with Crippen molar-refractivity contribution in [2.45, 2.75) is 126 Å². The van der Waals surface area contributed by atoms with E-state index in [2.05, 4.69) is 171 Å². The predicted molar refractivity (Wildman–Crippen MR) is 304 cm³/mol. The highest BCUT2D eigenvalue weighted by atomic mass is 32.1. The first-order valence-corrected chi connectivity index (χ1v) is 28.7. The molecule has 0 spiro atoms. The highest BCUT2D eigenvalue weighted by molar-refractivity contribution is 7.28. The van der Waals surface area contributed by atoms with Gasteiger partial charge < -0.3 is 9.47 Å². The quantitative estimate of drug-likeness (QED) is 0.0457. The Bertz CT molecular complexity index is 2940. The summed E-state index contributed by atoms with van der Waals surface area (Å²) < 4.78 is 14.8. The molecule has 1 N–H and O–H groups in total. The van der Waals surface area contributed by atoms with Gasteiger partial charge in [-0.15, -0.1) is 45.3 Å². The van der Waals surface area contributed by atoms with E-state index < -0.39 is 0 Å². The number of nitrogens with one attached hydrogen (secondary N) is 1. The SMILES string of the molecule is C=C(NOCC(C)C)c1ccc(-c2cc3c(CCCCc4ccc(OCC(C)C)cc4)cc4c(cc(CCCCc5ccc(OCC(C)C)cc5)c5cc(-c6ccc(C(C)(C)CC)s6)sc54)c3s2)s1. The summed E-state index contributed by atoms with van der Waals surface area (Å²) in [7, 11) is 0. The summed E-state index contributed by atoms with van der Waals surface area (Å²) in [6.07, 6.45) is 9.86. The second-order valence-electron chi connectivity index (χ2n) is 20.8. The lowest BCUT2D eigenvalue weighted by Crippen LogP contribution is -2.15. The molecular weight excluding hydrogens is 923 g/mol. The monoisotopic (exact) mass is 995 g/mol. The number of fused-ring (bicyclic) bond motifs is 5. The maximum Gasteiger partial charge on any atom is 0.119 e. The largest absolute Gasteiger partial charge is 0.493 e. The van der Waals surface area contributed by atoms with E-state index in [1.165, 1.54) is 77.6 Å². The molecule has 0 saturated heterocycles. The van der Waals surface area contributed by atoms with Crippen LogP contribution >= 0.6 is 45.3 Å². The Balaban J connectivity index is 1.14. The van der Waals surface area contributed by atoms with Crippen LogP contribution in [0.1, 0.15) is 126 Å². The van der Waals surface area contributed by atoms with Gasteiger partial charge in [-0.3, -0.25) is 10.3 Å². The van der Waals surface area contributed by atoms with Gasteiger partial charge in [-0.25, -0.2) is 0 Å². The Hall–Kier alpha value is -4.44. The van der Waals surface area contributed by atoms with Crippen molar-refractivity contribution in [3.63, 3.8) is 0 Å². The van der Waals surface area contributed by atoms with Crippen molar-refractivity contribution in [3.8, 4) is 31.0 Å². The summed E-state index contributed by atoms with van der Waals surface area (Å²) in [5.41, 5.74) is 9.74. The first-order chi connectivity index (χ1) is 33.2. The van der Waals surface area contributed by atoms with Crippen molar-refractivity contribution in [1.82, 2.24) is 5.48 Å². The zero-order valence-corrected chi connectivity index (χ0v) is 45.8. The van der Waals surface area contributed by atoms with Crippen LogP contribution in [-0.4, -0.2) is 19.8 Å². The van der Waals surface area contributed by atoms with E-state index in [1.807, 2.05) is 34.0 Å². The molecule has 0 atom stereocenters. The van der Waals surface area contributed by atoms with Crippen LogP contribution in [0.4, 0.5) is 0 Å². The number of aryl methyl sites for hydroxylation is 4. The zero-order valence-electron chi connectivity index (χ0n) is 42.5. The number of benzene rings is 4. The van der Waals surface area contributed by atoms with Gasteiger partial charge >= 0.3 is 0 Å². The van der Waals surface area contributed by atoms with Crippen LogP contribution in [0.2, 0.25) is 0 Å². The second-order valence-corrected chi connectivity index (χ2v) is 25.1. The fourth-order valence-electron chi connectivity index (χ4n) is 8.66. The van der Waals surface area contributed by atoms with Gasteiger partial charge in [0.1, 0.15) is 11.5 Å². The first kappa shape index (κ1) is 50.9. The van der Waals surface area contributed by atoms with Crippen LogP contribution in [0.5, 0.6) is 11.5 Å². The Morgan fingerprint density at radius 2 is 0.986 bits per heavy atom. The van der Waals surface area contributed by atoms with Crippen LogP contribution in [0.3, 0.4) is 0 Å². The lowest BCUT2D eigenvalue weighted by Gasteiger charge is -2.20. The topological polar surface area (TPSA) is 39.7 Å². The summed E-state index contributed by atoms with van der Waals surface area (Å²) in [6.45, 7) is 26.6. The molecule has 0 unspecified atom stereocenters. The number of thiophene rings is 4. The molecule has 8 heteroatoms. The molecule has 0 aliphatic carbocycles. The highest BCUT2D eigenvalue weighted by Crippen LogP contribution is 2.48. The number of ether oxygens (including phenoxy) is 2. The van der Waals surface area contributed by atoms with Gasteiger partial charge in [0.25, 0.3) is 0 Å². The maximum absolute atomic E-state index is 5.98. The molecule has 0 fully saturated rings. The van der Waals surface area contributed by atoms with Crippen molar-refractivity contribution in [1.29, 1.82) is 0 Å². The van der Waals surface area contributed by atoms with Gasteiger partial charge in [-0.1, -0.05) is 93.2 Å². The molecule has 4 aromatic carbocycles. The number of hydroxylamine groups is 1. The molecule has 0 aliphatic rings. The lowest BCUT2D eigenvalue weighted by molar-refractivity contribution is 0.0583. The maximum atomic E-state index is 5.98. The molecule has 0 aliphatic heterocycles. The summed E-state index contributed by atoms with van der Waals surface area (Å²) in [5, 5.41) is 5.61. The third-order valence-electron chi connectivity index (χ3n) is 13.1. The molecule has 8 aromatic rings. The van der Waals surface area contributed by atoms with Crippen LogP contribution in [0, 0.1) is 17.8 Å². The van der Waals surface area contributed by atoms with Crippen LogP contribution in [-0.2, 0) is 35.9 Å². The normalized spacial score (nSPS) is 12.2. The summed E-state index contributed by atoms with van der Waals surface area (Å²) >= 11 is 7.73. The minimum atomic E-state index is 0.163. The fraction of sp³-hybridized carbons (Fsp3) is 0.410. The first-order valence-electron chi connectivity index (χ1n) is 25.4. The molecule has 364 valence electrons. The molecule has 4 heterocycles. The van der Waals surface area contributed by atoms with E-state index in [4.69, 9.17) is 14.3 Å². The Morgan fingerprint density at radius 3 is 1.46 bits per heavy atom. The second kappa shape index (κ2) is 23.2. The third-order valence-corrected chi connectivity index (χ3v) is 18.4. The van der Waals surface area contributed by atoms with Gasteiger partial charge in [-0.2, -0.15) is 0 Å². The van der Waals surface area contributed by atoms with Crippen molar-refractivity contribution in [3.05, 3.63) is 136 Å². The molecular formula is C61H73NO3S4. The smallest absolute Gasteiger partial charge is 0.119 e. The number of hydrogen-bond donors (Lipinski definition) is 1. The molecule has 69 heavy (non-hydrogen) atoms. The van der Waals surface area contributed by atoms with E-state index in [-0.39, 0.29) is 5.41 Å². The van der Waals surface area contributed by atoms with E-state index in [9.17, 15) is 0 Å². The van der Waals surface area contributed by atoms with Crippen molar-refractivity contribution in [2.75, 3.05) is 19.8 Å². The lowest BCUT2D eigenvalue weighted by atomic mass is 9.89. The van der Waals surface area contributed by atoms with Gasteiger partial charge in [0, 0.05) is 44.6 Å². The van der Waals surface area contributed by atoms with Crippen molar-refractivity contribution in [2.24, 2.45) is 17.8 Å². The molecule has 0 amide bonds. The standard InChI is InChI=1S/C61H73NO3S4/c1-11-61(9,10)58-31-30-55(67-58)57-35-50-46(19-15-13-17-44-22-26-48(27-23-44)64-37-40(4)5)33-51-52(60(50)69-57)32-45(18-14-12-16-43-20-24-47(25-21-43)63-36-39(2)3)49-34-56(68-59(49)51)54-29-28-53(66-54)42(8)62-65-38-41(6)7/h20-35,39-41,62H,8,11-19,36-38H2,1-7,9-10H3. The summed E-state index contributed by atoms with van der Waals surface area (Å²) in [5.74, 6) is 3.39. The van der Waals surface area contributed by atoms with E-state index in [1.54, 1.807) is 11.3 Å². The minimum absolute atomic E-state index is 0.163. The van der Waals surface area contributed by atoms with E-state index in [0.717, 1.165) is 93.1 Å². The minimum Gasteiger partial charge on any atom is -0.493 e. The number of hydrogen-bond acceptors (Lipinski definition) is 8. The van der Waals surface area contributed by atoms with Crippen LogP contribution < -0.4 is 15.0 Å². The molecule has 4 aromatic heterocycles. The number of rotatable bonds is 25. The molecule has 0 saturated carbocycles. The van der Waals surface area contributed by atoms with Gasteiger partial charge in [-0.05, 0) is 187 Å². The predicted octanol–water partition coefficient (Wildman–Crippen LogP) is 18.8. The highest BCUT2D eigenvalue weighted by Gasteiger charge is 2.23.